The van der Waals surface area contributed by atoms with E-state index in [1.54, 1.807) is 13.0 Å². The van der Waals surface area contributed by atoms with Gasteiger partial charge in [0.15, 0.2) is 0 Å². The number of rotatable bonds is 1. The second-order valence-electron chi connectivity index (χ2n) is 10.3. The maximum absolute atomic E-state index is 13.4. The summed E-state index contributed by atoms with van der Waals surface area (Å²) in [6.45, 7) is 8.85. The van der Waals surface area contributed by atoms with Crippen LogP contribution in [0.2, 0.25) is 0 Å². The second kappa shape index (κ2) is 5.03. The molecule has 9 nitrogen and oxygen atoms in total. The number of ether oxygens (including phenoxy) is 5. The topological polar surface area (TPSA) is 114 Å². The lowest BCUT2D eigenvalue weighted by Crippen LogP contribution is -2.58. The SMILES string of the molecule is CC(=O)O[C@H]1C(=O)O[C@H]2O[C@]34C(=O)OC5C[C@@H](C(C)(C)C)C21C53C=C1OC(=O)C(C)=C14. The van der Waals surface area contributed by atoms with Gasteiger partial charge < -0.3 is 23.7 Å². The van der Waals surface area contributed by atoms with Crippen molar-refractivity contribution in [3.63, 3.8) is 0 Å². The van der Waals surface area contributed by atoms with Crippen LogP contribution in [0.4, 0.5) is 0 Å². The van der Waals surface area contributed by atoms with Crippen molar-refractivity contribution in [2.75, 3.05) is 0 Å². The van der Waals surface area contributed by atoms with E-state index in [0.29, 0.717) is 12.0 Å². The maximum atomic E-state index is 13.4. The summed E-state index contributed by atoms with van der Waals surface area (Å²) in [5, 5.41) is 0. The van der Waals surface area contributed by atoms with Crippen LogP contribution in [-0.4, -0.2) is 48.0 Å². The summed E-state index contributed by atoms with van der Waals surface area (Å²) in [7, 11) is 0. The van der Waals surface area contributed by atoms with Crippen LogP contribution in [0.3, 0.4) is 0 Å². The van der Waals surface area contributed by atoms with E-state index in [-0.39, 0.29) is 22.7 Å². The molecular weight excluding hydrogens is 408 g/mol. The molecule has 0 bridgehead atoms. The van der Waals surface area contributed by atoms with Gasteiger partial charge in [0.05, 0.1) is 5.41 Å². The van der Waals surface area contributed by atoms with Crippen molar-refractivity contribution < 1.29 is 42.9 Å². The van der Waals surface area contributed by atoms with Gasteiger partial charge in [-0.1, -0.05) is 20.8 Å². The van der Waals surface area contributed by atoms with E-state index in [4.69, 9.17) is 23.7 Å². The van der Waals surface area contributed by atoms with Gasteiger partial charge in [0.25, 0.3) is 0 Å². The summed E-state index contributed by atoms with van der Waals surface area (Å²) in [6, 6.07) is 0. The Balaban J connectivity index is 1.70. The Hall–Kier alpha value is -2.68. The van der Waals surface area contributed by atoms with Crippen molar-refractivity contribution in [1.29, 1.82) is 0 Å². The molecule has 9 heteroatoms. The molecular formula is C22H22O9. The van der Waals surface area contributed by atoms with Crippen LogP contribution >= 0.6 is 0 Å². The second-order valence-corrected chi connectivity index (χ2v) is 10.3. The van der Waals surface area contributed by atoms with Crippen molar-refractivity contribution in [3.8, 4) is 0 Å². The quantitative estimate of drug-likeness (QED) is 0.448. The zero-order valence-corrected chi connectivity index (χ0v) is 17.8. The van der Waals surface area contributed by atoms with Crippen LogP contribution in [0.1, 0.15) is 41.0 Å². The van der Waals surface area contributed by atoms with Gasteiger partial charge in [-0.25, -0.2) is 14.4 Å². The fraction of sp³-hybridized carbons (Fsp3) is 0.636. The third-order valence-corrected chi connectivity index (χ3v) is 8.09. The molecule has 1 saturated carbocycles. The first-order valence-corrected chi connectivity index (χ1v) is 10.4. The van der Waals surface area contributed by atoms with Crippen LogP contribution < -0.4 is 0 Å². The molecule has 31 heavy (non-hydrogen) atoms. The van der Waals surface area contributed by atoms with Crippen LogP contribution in [0.25, 0.3) is 0 Å². The molecule has 3 unspecified atom stereocenters. The van der Waals surface area contributed by atoms with E-state index in [0.717, 1.165) is 0 Å². The molecule has 0 N–H and O–H groups in total. The fourth-order valence-electron chi connectivity index (χ4n) is 7.32. The monoisotopic (exact) mass is 430 g/mol. The minimum atomic E-state index is -1.69. The highest BCUT2D eigenvalue weighted by Gasteiger charge is 2.96. The Bertz CT molecular complexity index is 1080. The summed E-state index contributed by atoms with van der Waals surface area (Å²) in [5.74, 6) is -2.58. The molecule has 4 aliphatic heterocycles. The first kappa shape index (κ1) is 19.0. The van der Waals surface area contributed by atoms with Gasteiger partial charge in [-0.3, -0.25) is 4.79 Å². The smallest absolute Gasteiger partial charge is 0.350 e. The summed E-state index contributed by atoms with van der Waals surface area (Å²) in [5.41, 5.74) is -3.92. The summed E-state index contributed by atoms with van der Waals surface area (Å²) in [4.78, 5) is 50.7. The molecule has 6 rings (SSSR count). The number of carbonyl (C=O) groups excluding carboxylic acids is 4. The summed E-state index contributed by atoms with van der Waals surface area (Å²) >= 11 is 0. The first-order chi connectivity index (χ1) is 14.4. The lowest BCUT2D eigenvalue weighted by Gasteiger charge is -2.45. The summed E-state index contributed by atoms with van der Waals surface area (Å²) < 4.78 is 28.9. The molecule has 0 radical (unpaired) electrons. The number of esters is 4. The third-order valence-electron chi connectivity index (χ3n) is 8.09. The molecule has 4 fully saturated rings. The minimum absolute atomic E-state index is 0.248. The predicted octanol–water partition coefficient (Wildman–Crippen LogP) is 1.30. The minimum Gasteiger partial charge on any atom is -0.459 e. The van der Waals surface area contributed by atoms with Gasteiger partial charge >= 0.3 is 23.9 Å². The summed E-state index contributed by atoms with van der Waals surface area (Å²) in [6.07, 6.45) is -0.946. The Morgan fingerprint density at radius 2 is 1.90 bits per heavy atom. The molecule has 0 aromatic heterocycles. The average molecular weight is 430 g/mol. The van der Waals surface area contributed by atoms with E-state index < -0.39 is 58.8 Å². The Labute approximate surface area is 177 Å². The van der Waals surface area contributed by atoms with Crippen LogP contribution in [0.15, 0.2) is 23.0 Å². The van der Waals surface area contributed by atoms with Crippen LogP contribution in [0.5, 0.6) is 0 Å². The lowest BCUT2D eigenvalue weighted by molar-refractivity contribution is -0.190. The Morgan fingerprint density at radius 3 is 2.55 bits per heavy atom. The maximum Gasteiger partial charge on any atom is 0.350 e. The molecule has 164 valence electrons. The van der Waals surface area contributed by atoms with Gasteiger partial charge in [-0.05, 0) is 30.8 Å². The molecule has 2 aliphatic carbocycles. The Kier molecular flexibility index (Phi) is 3.09. The molecule has 0 aromatic rings. The van der Waals surface area contributed by atoms with E-state index >= 15 is 0 Å². The van der Waals surface area contributed by atoms with Gasteiger partial charge in [0, 0.05) is 18.1 Å². The van der Waals surface area contributed by atoms with E-state index in [2.05, 4.69) is 0 Å². The zero-order valence-electron chi connectivity index (χ0n) is 17.8. The largest absolute Gasteiger partial charge is 0.459 e. The van der Waals surface area contributed by atoms with Gasteiger partial charge in [0.1, 0.15) is 17.3 Å². The van der Waals surface area contributed by atoms with Crippen LogP contribution in [-0.2, 0) is 42.9 Å². The van der Waals surface area contributed by atoms with Crippen molar-refractivity contribution in [2.24, 2.45) is 22.2 Å². The standard InChI is InChI=1S/C22H22O9/c1-8-13-10(28-15(8)24)7-20-12-6-11(19(3,4)5)21(20)14(27-9(2)23)16(25)30-18(21)31-22(13,20)17(26)29-12/h7,11-12,14,18H,6H2,1-5H3/t11-,12?,14-,18-,20?,21?,22+/m0/s1. The van der Waals surface area contributed by atoms with E-state index in [9.17, 15) is 19.2 Å². The normalized spacial score (nSPS) is 46.2. The molecule has 0 aromatic carbocycles. The Morgan fingerprint density at radius 1 is 1.19 bits per heavy atom. The zero-order chi connectivity index (χ0) is 22.3. The molecule has 4 heterocycles. The van der Waals surface area contributed by atoms with Crippen molar-refractivity contribution >= 4 is 23.9 Å². The third kappa shape index (κ3) is 1.64. The molecule has 6 aliphatic rings. The predicted molar refractivity (Wildman–Crippen MR) is 98.4 cm³/mol. The van der Waals surface area contributed by atoms with Gasteiger partial charge in [0.2, 0.25) is 18.0 Å². The first-order valence-electron chi connectivity index (χ1n) is 10.4. The highest BCUT2D eigenvalue weighted by Crippen LogP contribution is 2.82. The van der Waals surface area contributed by atoms with E-state index in [1.807, 2.05) is 20.8 Å². The number of hydrogen-bond acceptors (Lipinski definition) is 9. The van der Waals surface area contributed by atoms with Gasteiger partial charge in [-0.15, -0.1) is 0 Å². The highest BCUT2D eigenvalue weighted by atomic mass is 16.8. The average Bonchev–Trinajstić information content (AvgIpc) is 3.36. The lowest BCUT2D eigenvalue weighted by atomic mass is 9.52. The fourth-order valence-corrected chi connectivity index (χ4v) is 7.32. The van der Waals surface area contributed by atoms with Crippen LogP contribution in [0, 0.1) is 22.2 Å². The molecule has 0 amide bonds. The number of carbonyl (C=O) groups is 4. The van der Waals surface area contributed by atoms with Crippen molar-refractivity contribution in [2.45, 2.75) is 65.1 Å². The van der Waals surface area contributed by atoms with Gasteiger partial charge in [-0.2, -0.15) is 0 Å². The molecule has 3 saturated heterocycles. The molecule has 7 atom stereocenters. The number of fused-ring (bicyclic) bond motifs is 1. The van der Waals surface area contributed by atoms with Crippen molar-refractivity contribution in [1.82, 2.24) is 0 Å². The van der Waals surface area contributed by atoms with Crippen molar-refractivity contribution in [3.05, 3.63) is 23.0 Å². The molecule has 2 spiro atoms. The van der Waals surface area contributed by atoms with E-state index in [1.165, 1.54) is 6.92 Å². The number of hydrogen-bond donors (Lipinski definition) is 0. The highest BCUT2D eigenvalue weighted by molar-refractivity contribution is 6.03.